The minimum absolute atomic E-state index is 0.152. The minimum Gasteiger partial charge on any atom is -0.372 e. The maximum absolute atomic E-state index is 13.2. The number of nitrogens with one attached hydrogen (secondary N) is 1. The molecule has 1 fully saturated rings. The van der Waals surface area contributed by atoms with Crippen LogP contribution >= 0.6 is 0 Å². The third kappa shape index (κ3) is 4.30. The molecule has 1 aliphatic rings. The zero-order valence-electron chi connectivity index (χ0n) is 11.2. The highest BCUT2D eigenvalue weighted by atomic mass is 19.1. The quantitative estimate of drug-likeness (QED) is 0.713. The first kappa shape index (κ1) is 13.3. The Morgan fingerprint density at radius 1 is 1.33 bits per heavy atom. The number of hydrogen-bond acceptors (Lipinski definition) is 2. The number of unbranched alkanes of at least 4 members (excludes halogenated alkanes) is 1. The summed E-state index contributed by atoms with van der Waals surface area (Å²) >= 11 is 0. The second kappa shape index (κ2) is 6.74. The maximum Gasteiger partial charge on any atom is 0.125 e. The highest BCUT2D eigenvalue weighted by molar-refractivity contribution is 5.46. The molecular weight excluding hydrogens is 227 g/mol. The third-order valence-electron chi connectivity index (χ3n) is 3.42. The lowest BCUT2D eigenvalue weighted by Gasteiger charge is -2.23. The van der Waals surface area contributed by atoms with Crippen LogP contribution in [0.4, 0.5) is 10.1 Å². The van der Waals surface area contributed by atoms with Gasteiger partial charge in [-0.3, -0.25) is 0 Å². The van der Waals surface area contributed by atoms with Crippen molar-refractivity contribution in [2.75, 3.05) is 24.5 Å². The van der Waals surface area contributed by atoms with Gasteiger partial charge < -0.3 is 10.2 Å². The Kier molecular flexibility index (Phi) is 5.00. The molecule has 0 unspecified atom stereocenters. The van der Waals surface area contributed by atoms with Crippen molar-refractivity contribution in [3.63, 3.8) is 0 Å². The normalized spacial score (nSPS) is 14.8. The minimum atomic E-state index is -0.152. The van der Waals surface area contributed by atoms with Crippen molar-refractivity contribution < 1.29 is 4.39 Å². The zero-order chi connectivity index (χ0) is 12.8. The summed E-state index contributed by atoms with van der Waals surface area (Å²) in [5, 5.41) is 3.52. The van der Waals surface area contributed by atoms with Gasteiger partial charge in [0.1, 0.15) is 5.82 Å². The summed E-state index contributed by atoms with van der Waals surface area (Å²) in [5.74, 6) is -0.152. The molecular formula is C15H23FN2. The Balaban J connectivity index is 1.70. The first-order valence-electron chi connectivity index (χ1n) is 7.03. The van der Waals surface area contributed by atoms with Gasteiger partial charge in [0.05, 0.1) is 0 Å². The topological polar surface area (TPSA) is 15.3 Å². The summed E-state index contributed by atoms with van der Waals surface area (Å²) in [7, 11) is 0. The molecule has 0 heterocycles. The Hall–Kier alpha value is -1.09. The van der Waals surface area contributed by atoms with Crippen molar-refractivity contribution >= 4 is 5.69 Å². The third-order valence-corrected chi connectivity index (χ3v) is 3.42. The van der Waals surface area contributed by atoms with E-state index in [4.69, 9.17) is 0 Å². The van der Waals surface area contributed by atoms with Crippen LogP contribution in [0, 0.1) is 5.82 Å². The predicted molar refractivity (Wildman–Crippen MR) is 74.5 cm³/mol. The van der Waals surface area contributed by atoms with Crippen molar-refractivity contribution in [2.45, 2.75) is 38.6 Å². The van der Waals surface area contributed by atoms with E-state index in [2.05, 4.69) is 17.1 Å². The molecule has 2 rings (SSSR count). The van der Waals surface area contributed by atoms with Gasteiger partial charge in [-0.25, -0.2) is 4.39 Å². The molecule has 18 heavy (non-hydrogen) atoms. The van der Waals surface area contributed by atoms with Gasteiger partial charge in [0.15, 0.2) is 0 Å². The van der Waals surface area contributed by atoms with Gasteiger partial charge >= 0.3 is 0 Å². The first-order valence-corrected chi connectivity index (χ1v) is 7.03. The van der Waals surface area contributed by atoms with E-state index < -0.39 is 0 Å². The van der Waals surface area contributed by atoms with Crippen LogP contribution in [-0.2, 0) is 0 Å². The lowest BCUT2D eigenvalue weighted by molar-refractivity contribution is 0.608. The zero-order valence-corrected chi connectivity index (χ0v) is 11.2. The molecule has 2 nitrogen and oxygen atoms in total. The SMILES string of the molecule is CCN(CCCCNC1CC1)c1cccc(F)c1. The molecule has 0 spiro atoms. The summed E-state index contributed by atoms with van der Waals surface area (Å²) in [6.07, 6.45) is 5.06. The molecule has 0 saturated heterocycles. The van der Waals surface area contributed by atoms with Gasteiger partial charge in [0.2, 0.25) is 0 Å². The van der Waals surface area contributed by atoms with E-state index in [0.717, 1.165) is 37.8 Å². The van der Waals surface area contributed by atoms with Crippen LogP contribution in [0.25, 0.3) is 0 Å². The van der Waals surface area contributed by atoms with Gasteiger partial charge in [-0.05, 0) is 57.4 Å². The van der Waals surface area contributed by atoms with E-state index in [-0.39, 0.29) is 5.82 Å². The lowest BCUT2D eigenvalue weighted by Crippen LogP contribution is -2.25. The summed E-state index contributed by atoms with van der Waals surface area (Å²) in [6, 6.07) is 7.68. The number of rotatable bonds is 8. The maximum atomic E-state index is 13.2. The second-order valence-corrected chi connectivity index (χ2v) is 5.00. The van der Waals surface area contributed by atoms with Crippen molar-refractivity contribution in [2.24, 2.45) is 0 Å². The van der Waals surface area contributed by atoms with Gasteiger partial charge in [-0.2, -0.15) is 0 Å². The van der Waals surface area contributed by atoms with E-state index in [0.29, 0.717) is 0 Å². The smallest absolute Gasteiger partial charge is 0.125 e. The van der Waals surface area contributed by atoms with Crippen LogP contribution in [0.3, 0.4) is 0 Å². The van der Waals surface area contributed by atoms with E-state index >= 15 is 0 Å². The molecule has 1 saturated carbocycles. The van der Waals surface area contributed by atoms with Gasteiger partial charge in [-0.15, -0.1) is 0 Å². The average molecular weight is 250 g/mol. The molecule has 1 N–H and O–H groups in total. The average Bonchev–Trinajstić information content (AvgIpc) is 3.18. The summed E-state index contributed by atoms with van der Waals surface area (Å²) < 4.78 is 13.2. The Bertz CT molecular complexity index is 363. The Morgan fingerprint density at radius 2 is 2.17 bits per heavy atom. The monoisotopic (exact) mass is 250 g/mol. The van der Waals surface area contributed by atoms with Gasteiger partial charge in [0.25, 0.3) is 0 Å². The molecule has 0 radical (unpaired) electrons. The molecule has 100 valence electrons. The van der Waals surface area contributed by atoms with Crippen LogP contribution < -0.4 is 10.2 Å². The molecule has 1 aromatic rings. The number of hydrogen-bond donors (Lipinski definition) is 1. The fourth-order valence-electron chi connectivity index (χ4n) is 2.16. The largest absolute Gasteiger partial charge is 0.372 e. The van der Waals surface area contributed by atoms with Gasteiger partial charge in [-0.1, -0.05) is 6.07 Å². The Labute approximate surface area is 109 Å². The number of anilines is 1. The van der Waals surface area contributed by atoms with E-state index in [1.165, 1.54) is 25.3 Å². The van der Waals surface area contributed by atoms with E-state index in [1.807, 2.05) is 6.07 Å². The number of benzene rings is 1. The lowest BCUT2D eigenvalue weighted by atomic mass is 10.2. The standard InChI is InChI=1S/C15H23FN2/c1-2-18(15-7-5-6-13(16)12-15)11-4-3-10-17-14-8-9-14/h5-7,12,14,17H,2-4,8-11H2,1H3. The van der Waals surface area contributed by atoms with Crippen LogP contribution in [0.2, 0.25) is 0 Å². The van der Waals surface area contributed by atoms with Crippen molar-refractivity contribution in [1.82, 2.24) is 5.32 Å². The van der Waals surface area contributed by atoms with Crippen LogP contribution in [-0.4, -0.2) is 25.7 Å². The fraction of sp³-hybridized carbons (Fsp3) is 0.600. The van der Waals surface area contributed by atoms with E-state index in [9.17, 15) is 4.39 Å². The number of halogens is 1. The fourth-order valence-corrected chi connectivity index (χ4v) is 2.16. The molecule has 0 aromatic heterocycles. The molecule has 0 aliphatic heterocycles. The summed E-state index contributed by atoms with van der Waals surface area (Å²) in [5.41, 5.74) is 0.993. The predicted octanol–water partition coefficient (Wildman–Crippen LogP) is 3.18. The van der Waals surface area contributed by atoms with Crippen LogP contribution in [0.1, 0.15) is 32.6 Å². The van der Waals surface area contributed by atoms with Crippen LogP contribution in [0.5, 0.6) is 0 Å². The summed E-state index contributed by atoms with van der Waals surface area (Å²) in [4.78, 5) is 2.24. The van der Waals surface area contributed by atoms with Gasteiger partial charge in [0, 0.05) is 24.8 Å². The van der Waals surface area contributed by atoms with Crippen molar-refractivity contribution in [3.05, 3.63) is 30.1 Å². The summed E-state index contributed by atoms with van der Waals surface area (Å²) in [6.45, 7) is 5.17. The number of nitrogens with zero attached hydrogens (tertiary/aromatic N) is 1. The van der Waals surface area contributed by atoms with Crippen molar-refractivity contribution in [1.29, 1.82) is 0 Å². The molecule has 0 atom stereocenters. The Morgan fingerprint density at radius 3 is 2.83 bits per heavy atom. The van der Waals surface area contributed by atoms with E-state index in [1.54, 1.807) is 12.1 Å². The molecule has 1 aliphatic carbocycles. The highest BCUT2D eigenvalue weighted by Crippen LogP contribution is 2.19. The first-order chi connectivity index (χ1) is 8.79. The molecule has 0 bridgehead atoms. The van der Waals surface area contributed by atoms with Crippen molar-refractivity contribution in [3.8, 4) is 0 Å². The highest BCUT2D eigenvalue weighted by Gasteiger charge is 2.19. The molecule has 0 amide bonds. The molecule has 1 aromatic carbocycles. The molecule has 3 heteroatoms. The second-order valence-electron chi connectivity index (χ2n) is 5.00. The van der Waals surface area contributed by atoms with Crippen LogP contribution in [0.15, 0.2) is 24.3 Å².